The van der Waals surface area contributed by atoms with E-state index in [1.54, 1.807) is 30.5 Å². The molecule has 4 aliphatic rings. The first kappa shape index (κ1) is 46.0. The lowest BCUT2D eigenvalue weighted by Gasteiger charge is -2.39. The number of aromatic amines is 1. The smallest absolute Gasteiger partial charge is 0.294 e. The maximum absolute atomic E-state index is 14.1. The molecule has 348 valence electrons. The summed E-state index contributed by atoms with van der Waals surface area (Å²) in [5.41, 5.74) is 5.73. The van der Waals surface area contributed by atoms with E-state index in [0.29, 0.717) is 27.7 Å². The predicted molar refractivity (Wildman–Crippen MR) is 262 cm³/mol. The largest absolute Gasteiger partial charge is 0.455 e. The number of rotatable bonds is 13. The number of amides is 1. The number of fused-ring (bicyclic) bond motifs is 2. The SMILES string of the molecule is CN1CCN(CCC2CSc3cc(S(=O)(=O)NC(=O)c4ccc(N5CCN(CC6=C(c7ccc(Cl)cc7)CC(C)(C)CC6)CC5)cc4Oc4cnc5[nH]ccc5c4)cc([N+](=O)[O-])c3N2)CC1. The van der Waals surface area contributed by atoms with Crippen LogP contribution in [0, 0.1) is 15.5 Å². The second-order valence-electron chi connectivity index (χ2n) is 18.7. The monoisotopic (exact) mass is 953 g/mol. The number of carbonyl (C=O) groups excluding carboxylic acids is 1. The predicted octanol–water partition coefficient (Wildman–Crippen LogP) is 8.35. The normalized spacial score (nSPS) is 19.6. The summed E-state index contributed by atoms with van der Waals surface area (Å²) < 4.78 is 36.5. The Hall–Kier alpha value is -5.17. The van der Waals surface area contributed by atoms with Crippen LogP contribution in [0.25, 0.3) is 16.6 Å². The van der Waals surface area contributed by atoms with Gasteiger partial charge in [0.2, 0.25) is 0 Å². The molecule has 2 fully saturated rings. The number of ether oxygens (including phenoxy) is 1. The number of anilines is 2. The topological polar surface area (TPSA) is 169 Å². The summed E-state index contributed by atoms with van der Waals surface area (Å²) in [5.74, 6) is 0.174. The van der Waals surface area contributed by atoms with Gasteiger partial charge in [-0.1, -0.05) is 43.2 Å². The molecule has 3 aromatic carbocycles. The van der Waals surface area contributed by atoms with Crippen LogP contribution in [0.1, 0.15) is 55.5 Å². The van der Waals surface area contributed by atoms with Gasteiger partial charge in [0.25, 0.3) is 21.6 Å². The quantitative estimate of drug-likeness (QED) is 0.0762. The number of carbonyl (C=O) groups is 1. The van der Waals surface area contributed by atoms with Gasteiger partial charge < -0.3 is 29.7 Å². The molecular weight excluding hydrogens is 898 g/mol. The summed E-state index contributed by atoms with van der Waals surface area (Å²) in [6.45, 7) is 13.5. The zero-order chi connectivity index (χ0) is 46.2. The van der Waals surface area contributed by atoms with E-state index < -0.39 is 20.9 Å². The molecule has 1 aliphatic carbocycles. The maximum atomic E-state index is 14.1. The lowest BCUT2D eigenvalue weighted by molar-refractivity contribution is -0.384. The van der Waals surface area contributed by atoms with Crippen LogP contribution in [0.5, 0.6) is 11.5 Å². The first-order chi connectivity index (χ1) is 31.7. The molecular formula is C48H56ClN9O6S2. The minimum Gasteiger partial charge on any atom is -0.455 e. The van der Waals surface area contributed by atoms with E-state index in [1.165, 1.54) is 40.7 Å². The van der Waals surface area contributed by atoms with E-state index in [9.17, 15) is 23.3 Å². The third kappa shape index (κ3) is 10.5. The Labute approximate surface area is 395 Å². The van der Waals surface area contributed by atoms with Crippen LogP contribution in [0.2, 0.25) is 5.02 Å². The molecule has 2 aromatic heterocycles. The van der Waals surface area contributed by atoms with E-state index in [0.717, 1.165) is 113 Å². The van der Waals surface area contributed by atoms with Crippen molar-refractivity contribution in [1.82, 2.24) is 29.4 Å². The molecule has 15 nitrogen and oxygen atoms in total. The van der Waals surface area contributed by atoms with Gasteiger partial charge in [-0.05, 0) is 91.7 Å². The zero-order valence-corrected chi connectivity index (χ0v) is 39.9. The Balaban J connectivity index is 0.922. The van der Waals surface area contributed by atoms with Crippen molar-refractivity contribution in [2.24, 2.45) is 5.41 Å². The number of hydrogen-bond acceptors (Lipinski definition) is 13. The van der Waals surface area contributed by atoms with E-state index in [4.69, 9.17) is 16.3 Å². The number of sulfonamides is 1. The zero-order valence-electron chi connectivity index (χ0n) is 37.5. The van der Waals surface area contributed by atoms with Gasteiger partial charge in [0.15, 0.2) is 0 Å². The number of halogens is 1. The highest BCUT2D eigenvalue weighted by molar-refractivity contribution is 7.99. The molecule has 5 heterocycles. The summed E-state index contributed by atoms with van der Waals surface area (Å²) in [6, 6.07) is 19.4. The molecule has 0 bridgehead atoms. The number of likely N-dealkylation sites (N-methyl/N-ethyl adjacent to an activating group) is 1. The molecule has 0 spiro atoms. The van der Waals surface area contributed by atoms with Crippen LogP contribution >= 0.6 is 23.4 Å². The Morgan fingerprint density at radius 2 is 1.76 bits per heavy atom. The fourth-order valence-corrected chi connectivity index (χ4v) is 11.7. The molecule has 0 saturated carbocycles. The van der Waals surface area contributed by atoms with Crippen molar-refractivity contribution in [3.63, 3.8) is 0 Å². The number of H-pyrrole nitrogens is 1. The molecule has 3 N–H and O–H groups in total. The number of piperazine rings is 2. The van der Waals surface area contributed by atoms with Crippen molar-refractivity contribution in [3.8, 4) is 11.5 Å². The molecule has 1 atom stereocenters. The average molecular weight is 955 g/mol. The van der Waals surface area contributed by atoms with Crippen LogP contribution in [-0.4, -0.2) is 128 Å². The highest BCUT2D eigenvalue weighted by Crippen LogP contribution is 2.44. The lowest BCUT2D eigenvalue weighted by Crippen LogP contribution is -2.47. The minimum absolute atomic E-state index is 0.0243. The Kier molecular flexibility index (Phi) is 13.4. The van der Waals surface area contributed by atoms with Gasteiger partial charge in [0, 0.05) is 117 Å². The number of benzene rings is 3. The third-order valence-electron chi connectivity index (χ3n) is 13.3. The van der Waals surface area contributed by atoms with Gasteiger partial charge in [0.05, 0.1) is 21.6 Å². The van der Waals surface area contributed by atoms with Gasteiger partial charge in [-0.25, -0.2) is 18.1 Å². The number of nitrogens with one attached hydrogen (secondary N) is 3. The minimum atomic E-state index is -4.58. The number of nitro benzene ring substituents is 1. The highest BCUT2D eigenvalue weighted by Gasteiger charge is 2.33. The summed E-state index contributed by atoms with van der Waals surface area (Å²) in [7, 11) is -2.47. The van der Waals surface area contributed by atoms with Crippen molar-refractivity contribution in [2.45, 2.75) is 55.4 Å². The number of aromatic nitrogens is 2. The average Bonchev–Trinajstić information content (AvgIpc) is 3.77. The Morgan fingerprint density at radius 3 is 2.52 bits per heavy atom. The molecule has 3 aliphatic heterocycles. The number of thioether (sulfide) groups is 1. The highest BCUT2D eigenvalue weighted by atomic mass is 35.5. The van der Waals surface area contributed by atoms with Crippen LogP contribution in [0.3, 0.4) is 0 Å². The standard InChI is InChI=1S/C48H56ClN9O6S2/c1-48(2)13-10-34(41(28-48)32-4-6-35(49)7-5-32)30-56-20-22-57(23-21-56)37-8-9-40(43(25-37)64-38-24-33-11-14-50-46(33)51-29-38)47(59)53-66(62,63)39-26-42(58(60)61)45-44(27-39)65-31-36(52-45)12-15-55-18-16-54(3)17-19-55/h4-9,11,14,24-27,29,36,52H,10,12-13,15-23,28,30-31H2,1-3H3,(H,50,51)(H,53,59). The molecule has 2 saturated heterocycles. The molecule has 5 aromatic rings. The van der Waals surface area contributed by atoms with Crippen LogP contribution < -0.4 is 19.7 Å². The van der Waals surface area contributed by atoms with E-state index in [-0.39, 0.29) is 33.4 Å². The van der Waals surface area contributed by atoms with Gasteiger partial charge in [-0.2, -0.15) is 0 Å². The fraction of sp³-hybridized carbons (Fsp3) is 0.417. The van der Waals surface area contributed by atoms with Crippen molar-refractivity contribution < 1.29 is 22.9 Å². The number of allylic oxidation sites excluding steroid dienone is 1. The van der Waals surface area contributed by atoms with Crippen molar-refractivity contribution in [2.75, 3.05) is 88.5 Å². The molecule has 1 amide bonds. The van der Waals surface area contributed by atoms with Crippen molar-refractivity contribution in [1.29, 1.82) is 0 Å². The van der Waals surface area contributed by atoms with Gasteiger partial charge in [0.1, 0.15) is 22.8 Å². The molecule has 0 radical (unpaired) electrons. The van der Waals surface area contributed by atoms with E-state index in [2.05, 4.69) is 72.6 Å². The Bertz CT molecular complexity index is 2770. The van der Waals surface area contributed by atoms with Gasteiger partial charge in [-0.3, -0.25) is 19.8 Å². The number of nitro groups is 1. The second-order valence-corrected chi connectivity index (χ2v) is 21.8. The molecule has 18 heteroatoms. The van der Waals surface area contributed by atoms with Crippen molar-refractivity contribution in [3.05, 3.63) is 111 Å². The molecule has 9 rings (SSSR count). The van der Waals surface area contributed by atoms with Crippen LogP contribution in [0.15, 0.2) is 94.5 Å². The van der Waals surface area contributed by atoms with E-state index in [1.807, 2.05) is 18.2 Å². The van der Waals surface area contributed by atoms with Gasteiger partial charge >= 0.3 is 0 Å². The summed E-state index contributed by atoms with van der Waals surface area (Å²) >= 11 is 7.63. The van der Waals surface area contributed by atoms with Crippen LogP contribution in [-0.2, 0) is 10.0 Å². The molecule has 66 heavy (non-hydrogen) atoms. The second kappa shape index (κ2) is 19.2. The van der Waals surface area contributed by atoms with Crippen LogP contribution in [0.4, 0.5) is 17.1 Å². The molecule has 1 unspecified atom stereocenters. The third-order valence-corrected chi connectivity index (χ3v) is 16.1. The summed E-state index contributed by atoms with van der Waals surface area (Å²) in [4.78, 5) is 42.9. The Morgan fingerprint density at radius 1 is 1.00 bits per heavy atom. The van der Waals surface area contributed by atoms with Gasteiger partial charge in [-0.15, -0.1) is 11.8 Å². The first-order valence-corrected chi connectivity index (χ1v) is 25.4. The number of hydrogen-bond donors (Lipinski definition) is 3. The summed E-state index contributed by atoms with van der Waals surface area (Å²) in [6.07, 6.45) is 7.30. The van der Waals surface area contributed by atoms with E-state index >= 15 is 0 Å². The van der Waals surface area contributed by atoms with Crippen molar-refractivity contribution >= 4 is 73.0 Å². The number of pyridine rings is 1. The fourth-order valence-electron chi connectivity index (χ4n) is 9.35. The lowest BCUT2D eigenvalue weighted by atomic mass is 9.72. The number of nitrogens with zero attached hydrogens (tertiary/aromatic N) is 6. The summed E-state index contributed by atoms with van der Waals surface area (Å²) in [5, 5.41) is 17.3. The maximum Gasteiger partial charge on any atom is 0.294 e. The first-order valence-electron chi connectivity index (χ1n) is 22.6.